The third-order valence-electron chi connectivity index (χ3n) is 4.92. The average Bonchev–Trinajstić information content (AvgIpc) is 2.91. The Morgan fingerprint density at radius 3 is 2.76 bits per heavy atom. The highest BCUT2D eigenvalue weighted by molar-refractivity contribution is 7.89. The quantitative estimate of drug-likeness (QED) is 0.897. The van der Waals surface area contributed by atoms with Gasteiger partial charge in [0.05, 0.1) is 5.75 Å². The standard InChI is InChI=1S/C18H24N2O4S/c1-12-6-5-9-20(15(12)10-19)18(21)17-14(11-25(2,22)23)13-7-3-4-8-16(13)24-17/h3-4,7-8,12,15H,5-6,9-11,19H2,1-2H3/t12-,15-/m0/s1. The van der Waals surface area contributed by atoms with Gasteiger partial charge in [0, 0.05) is 36.3 Å². The van der Waals surface area contributed by atoms with Gasteiger partial charge < -0.3 is 15.1 Å². The lowest BCUT2D eigenvalue weighted by Gasteiger charge is -2.39. The van der Waals surface area contributed by atoms with E-state index in [1.807, 2.05) is 6.07 Å². The van der Waals surface area contributed by atoms with Crippen LogP contribution in [0.25, 0.3) is 11.0 Å². The highest BCUT2D eigenvalue weighted by Gasteiger charge is 2.34. The normalized spacial score (nSPS) is 21.6. The number of nitrogens with two attached hydrogens (primary N) is 1. The second kappa shape index (κ2) is 6.80. The van der Waals surface area contributed by atoms with E-state index in [1.165, 1.54) is 0 Å². The smallest absolute Gasteiger partial charge is 0.290 e. The molecule has 2 aromatic rings. The molecule has 1 aromatic carbocycles. The first-order chi connectivity index (χ1) is 11.8. The van der Waals surface area contributed by atoms with Gasteiger partial charge in [-0.15, -0.1) is 0 Å². The Hall–Kier alpha value is -1.86. The van der Waals surface area contributed by atoms with Crippen LogP contribution in [0.3, 0.4) is 0 Å². The molecule has 1 amide bonds. The summed E-state index contributed by atoms with van der Waals surface area (Å²) in [6.07, 6.45) is 3.10. The molecule has 1 aliphatic heterocycles. The van der Waals surface area contributed by atoms with E-state index in [9.17, 15) is 13.2 Å². The summed E-state index contributed by atoms with van der Waals surface area (Å²) in [4.78, 5) is 14.9. The molecule has 0 spiro atoms. The van der Waals surface area contributed by atoms with Crippen LogP contribution in [0.4, 0.5) is 0 Å². The van der Waals surface area contributed by atoms with Crippen LogP contribution in [-0.2, 0) is 15.6 Å². The van der Waals surface area contributed by atoms with Crippen LogP contribution in [0, 0.1) is 5.92 Å². The van der Waals surface area contributed by atoms with E-state index in [4.69, 9.17) is 10.2 Å². The molecule has 2 atom stereocenters. The predicted molar refractivity (Wildman–Crippen MR) is 97.0 cm³/mol. The number of benzene rings is 1. The van der Waals surface area contributed by atoms with Crippen LogP contribution in [0.5, 0.6) is 0 Å². The number of hydrogen-bond donors (Lipinski definition) is 1. The number of carbonyl (C=O) groups is 1. The van der Waals surface area contributed by atoms with E-state index in [0.717, 1.165) is 19.1 Å². The van der Waals surface area contributed by atoms with Gasteiger partial charge in [0.2, 0.25) is 0 Å². The molecule has 6 nitrogen and oxygen atoms in total. The lowest BCUT2D eigenvalue weighted by molar-refractivity contribution is 0.0502. The summed E-state index contributed by atoms with van der Waals surface area (Å²) in [5.41, 5.74) is 6.86. The number of piperidine rings is 1. The first-order valence-corrected chi connectivity index (χ1v) is 10.6. The number of nitrogens with zero attached hydrogens (tertiary/aromatic N) is 1. The van der Waals surface area contributed by atoms with Crippen molar-refractivity contribution in [3.8, 4) is 0 Å². The molecule has 25 heavy (non-hydrogen) atoms. The molecule has 2 N–H and O–H groups in total. The molecular formula is C18H24N2O4S. The summed E-state index contributed by atoms with van der Waals surface area (Å²) in [6, 6.07) is 7.09. The number of rotatable bonds is 4. The molecule has 0 bridgehead atoms. The van der Waals surface area contributed by atoms with Crippen molar-refractivity contribution in [2.24, 2.45) is 11.7 Å². The van der Waals surface area contributed by atoms with Crippen molar-refractivity contribution in [2.75, 3.05) is 19.3 Å². The van der Waals surface area contributed by atoms with E-state index >= 15 is 0 Å². The van der Waals surface area contributed by atoms with Crippen molar-refractivity contribution in [3.05, 3.63) is 35.6 Å². The molecule has 0 unspecified atom stereocenters. The summed E-state index contributed by atoms with van der Waals surface area (Å²) in [5.74, 6) is -0.0524. The van der Waals surface area contributed by atoms with E-state index in [0.29, 0.717) is 35.5 Å². The number of para-hydroxylation sites is 1. The minimum atomic E-state index is -3.31. The summed E-state index contributed by atoms with van der Waals surface area (Å²) < 4.78 is 29.6. The zero-order chi connectivity index (χ0) is 18.2. The Morgan fingerprint density at radius 1 is 1.36 bits per heavy atom. The largest absolute Gasteiger partial charge is 0.451 e. The number of furan rings is 1. The fourth-order valence-corrected chi connectivity index (χ4v) is 4.48. The van der Waals surface area contributed by atoms with Crippen LogP contribution in [0.2, 0.25) is 0 Å². The van der Waals surface area contributed by atoms with Gasteiger partial charge in [-0.3, -0.25) is 4.79 Å². The number of carbonyl (C=O) groups excluding carboxylic acids is 1. The second-order valence-corrected chi connectivity index (χ2v) is 9.04. The number of hydrogen-bond acceptors (Lipinski definition) is 5. The number of sulfone groups is 1. The van der Waals surface area contributed by atoms with Gasteiger partial charge in [0.1, 0.15) is 5.58 Å². The Labute approximate surface area is 147 Å². The molecular weight excluding hydrogens is 340 g/mol. The highest BCUT2D eigenvalue weighted by atomic mass is 32.2. The SMILES string of the molecule is C[C@H]1CCCN(C(=O)c2oc3ccccc3c2CS(C)(=O)=O)[C@H]1CN. The molecule has 1 aliphatic rings. The maximum atomic E-state index is 13.2. The van der Waals surface area contributed by atoms with Gasteiger partial charge in [-0.25, -0.2) is 8.42 Å². The first-order valence-electron chi connectivity index (χ1n) is 8.51. The van der Waals surface area contributed by atoms with Crippen LogP contribution >= 0.6 is 0 Å². The molecule has 0 radical (unpaired) electrons. The Bertz CT molecular complexity index is 888. The fraction of sp³-hybridized carbons (Fsp3) is 0.500. The van der Waals surface area contributed by atoms with Crippen molar-refractivity contribution in [1.82, 2.24) is 4.90 Å². The summed E-state index contributed by atoms with van der Waals surface area (Å²) in [7, 11) is -3.31. The zero-order valence-electron chi connectivity index (χ0n) is 14.6. The summed E-state index contributed by atoms with van der Waals surface area (Å²) in [6.45, 7) is 3.09. The average molecular weight is 364 g/mol. The maximum absolute atomic E-state index is 13.2. The van der Waals surface area contributed by atoms with E-state index < -0.39 is 9.84 Å². The molecule has 1 saturated heterocycles. The van der Waals surface area contributed by atoms with Crippen LogP contribution in [0.1, 0.15) is 35.9 Å². The lowest BCUT2D eigenvalue weighted by atomic mass is 9.90. The van der Waals surface area contributed by atoms with Gasteiger partial charge in [-0.1, -0.05) is 25.1 Å². The molecule has 0 aliphatic carbocycles. The lowest BCUT2D eigenvalue weighted by Crippen LogP contribution is -2.51. The predicted octanol–water partition coefficient (Wildman–Crippen LogP) is 2.18. The van der Waals surface area contributed by atoms with E-state index in [2.05, 4.69) is 6.92 Å². The third-order valence-corrected chi connectivity index (χ3v) is 5.73. The van der Waals surface area contributed by atoms with Crippen molar-refractivity contribution in [1.29, 1.82) is 0 Å². The molecule has 1 aromatic heterocycles. The Morgan fingerprint density at radius 2 is 2.08 bits per heavy atom. The highest BCUT2D eigenvalue weighted by Crippen LogP contribution is 2.31. The monoisotopic (exact) mass is 364 g/mol. The van der Waals surface area contributed by atoms with Crippen molar-refractivity contribution < 1.29 is 17.6 Å². The van der Waals surface area contributed by atoms with Crippen LogP contribution in [-0.4, -0.2) is 44.6 Å². The van der Waals surface area contributed by atoms with Crippen LogP contribution in [0.15, 0.2) is 28.7 Å². The topological polar surface area (TPSA) is 93.6 Å². The molecule has 3 rings (SSSR count). The van der Waals surface area contributed by atoms with Gasteiger partial charge >= 0.3 is 0 Å². The third kappa shape index (κ3) is 3.57. The zero-order valence-corrected chi connectivity index (χ0v) is 15.4. The van der Waals surface area contributed by atoms with Gasteiger partial charge in [-0.05, 0) is 24.8 Å². The van der Waals surface area contributed by atoms with Gasteiger partial charge in [0.15, 0.2) is 15.6 Å². The number of likely N-dealkylation sites (tertiary alicyclic amines) is 1. The number of fused-ring (bicyclic) bond motifs is 1. The van der Waals surface area contributed by atoms with E-state index in [1.54, 1.807) is 23.1 Å². The summed E-state index contributed by atoms with van der Waals surface area (Å²) in [5, 5.41) is 0.672. The van der Waals surface area contributed by atoms with Crippen LogP contribution < -0.4 is 5.73 Å². The molecule has 0 saturated carbocycles. The molecule has 2 heterocycles. The second-order valence-electron chi connectivity index (χ2n) is 6.90. The Balaban J connectivity index is 2.07. The maximum Gasteiger partial charge on any atom is 0.290 e. The van der Waals surface area contributed by atoms with Crippen molar-refractivity contribution in [3.63, 3.8) is 0 Å². The van der Waals surface area contributed by atoms with Crippen molar-refractivity contribution >= 4 is 26.7 Å². The van der Waals surface area contributed by atoms with E-state index in [-0.39, 0.29) is 23.5 Å². The van der Waals surface area contributed by atoms with Gasteiger partial charge in [0.25, 0.3) is 5.91 Å². The number of amides is 1. The Kier molecular flexibility index (Phi) is 4.88. The minimum Gasteiger partial charge on any atom is -0.451 e. The summed E-state index contributed by atoms with van der Waals surface area (Å²) >= 11 is 0. The van der Waals surface area contributed by atoms with Crippen molar-refractivity contribution in [2.45, 2.75) is 31.6 Å². The first kappa shape index (κ1) is 17.9. The molecule has 136 valence electrons. The molecule has 7 heteroatoms. The molecule has 1 fully saturated rings. The van der Waals surface area contributed by atoms with Gasteiger partial charge in [-0.2, -0.15) is 0 Å². The minimum absolute atomic E-state index is 0.0551. The fourth-order valence-electron chi connectivity index (χ4n) is 3.67.